The van der Waals surface area contributed by atoms with E-state index in [9.17, 15) is 4.79 Å². The molecule has 1 heterocycles. The summed E-state index contributed by atoms with van der Waals surface area (Å²) < 4.78 is 0. The lowest BCUT2D eigenvalue weighted by Crippen LogP contribution is -2.18. The van der Waals surface area contributed by atoms with Crippen molar-refractivity contribution in [3.63, 3.8) is 0 Å². The lowest BCUT2D eigenvalue weighted by atomic mass is 9.92. The minimum absolute atomic E-state index is 0.198. The van der Waals surface area contributed by atoms with Crippen LogP contribution in [0.5, 0.6) is 0 Å². The van der Waals surface area contributed by atoms with E-state index in [4.69, 9.17) is 4.98 Å². The Labute approximate surface area is 133 Å². The van der Waals surface area contributed by atoms with Gasteiger partial charge in [0.1, 0.15) is 0 Å². The quantitative estimate of drug-likeness (QED) is 0.793. The fourth-order valence-electron chi connectivity index (χ4n) is 3.81. The Balaban J connectivity index is 1.75. The van der Waals surface area contributed by atoms with Crippen molar-refractivity contribution in [2.24, 2.45) is 0 Å². The van der Waals surface area contributed by atoms with Crippen LogP contribution in [-0.2, 0) is 30.5 Å². The van der Waals surface area contributed by atoms with E-state index in [1.165, 1.54) is 54.6 Å². The number of amides is 1. The summed E-state index contributed by atoms with van der Waals surface area (Å²) in [5.74, 6) is 0.198. The van der Waals surface area contributed by atoms with Gasteiger partial charge in [0.15, 0.2) is 0 Å². The molecule has 0 unspecified atom stereocenters. The van der Waals surface area contributed by atoms with Crippen LogP contribution < -0.4 is 5.32 Å². The first-order chi connectivity index (χ1) is 10.8. The Morgan fingerprint density at radius 2 is 1.64 bits per heavy atom. The van der Waals surface area contributed by atoms with Crippen LogP contribution in [0.25, 0.3) is 0 Å². The number of unbranched alkanes of at least 4 members (excludes halogenated alkanes) is 3. The van der Waals surface area contributed by atoms with Gasteiger partial charge in [-0.2, -0.15) is 0 Å². The number of nitrogens with zero attached hydrogens (tertiary/aromatic N) is 1. The fraction of sp³-hybridized carbons (Fsp3) is 0.684. The van der Waals surface area contributed by atoms with Gasteiger partial charge in [-0.15, -0.1) is 0 Å². The predicted octanol–water partition coefficient (Wildman–Crippen LogP) is 4.36. The van der Waals surface area contributed by atoms with E-state index in [1.807, 2.05) is 0 Å². The largest absolute Gasteiger partial charge is 0.325 e. The first-order valence-electron chi connectivity index (χ1n) is 9.13. The third kappa shape index (κ3) is 3.34. The number of anilines is 1. The molecule has 0 atom stereocenters. The van der Waals surface area contributed by atoms with Crippen LogP contribution in [-0.4, -0.2) is 10.9 Å². The van der Waals surface area contributed by atoms with Crippen molar-refractivity contribution < 1.29 is 4.79 Å². The molecule has 1 N–H and O–H groups in total. The predicted molar refractivity (Wildman–Crippen MR) is 90.3 cm³/mol. The number of aryl methyl sites for hydroxylation is 2. The number of rotatable bonds is 6. The zero-order valence-electron chi connectivity index (χ0n) is 13.8. The Hall–Kier alpha value is -1.38. The van der Waals surface area contributed by atoms with Crippen molar-refractivity contribution in [1.29, 1.82) is 0 Å². The monoisotopic (exact) mass is 300 g/mol. The van der Waals surface area contributed by atoms with E-state index in [-0.39, 0.29) is 5.91 Å². The van der Waals surface area contributed by atoms with Crippen LogP contribution >= 0.6 is 0 Å². The second-order valence-corrected chi connectivity index (χ2v) is 6.76. The summed E-state index contributed by atoms with van der Waals surface area (Å²) in [5.41, 5.74) is 6.34. The third-order valence-electron chi connectivity index (χ3n) is 5.02. The molecule has 0 radical (unpaired) electrons. The zero-order valence-corrected chi connectivity index (χ0v) is 13.8. The molecule has 1 aromatic rings. The van der Waals surface area contributed by atoms with Crippen LogP contribution in [0.15, 0.2) is 0 Å². The van der Waals surface area contributed by atoms with Crippen molar-refractivity contribution in [1.82, 2.24) is 4.98 Å². The number of hydrogen-bond donors (Lipinski definition) is 1. The van der Waals surface area contributed by atoms with E-state index < -0.39 is 0 Å². The van der Waals surface area contributed by atoms with Crippen LogP contribution in [0, 0.1) is 0 Å². The average molecular weight is 300 g/mol. The maximum absolute atomic E-state index is 12.3. The number of carbonyl (C=O) groups is 1. The summed E-state index contributed by atoms with van der Waals surface area (Å²) >= 11 is 0. The number of carbonyl (C=O) groups excluding carboxylic acids is 1. The number of nitrogens with one attached hydrogen (secondary N) is 1. The lowest BCUT2D eigenvalue weighted by molar-refractivity contribution is -0.116. The van der Waals surface area contributed by atoms with Crippen molar-refractivity contribution in [3.05, 3.63) is 22.5 Å². The van der Waals surface area contributed by atoms with E-state index >= 15 is 0 Å². The number of aromatic nitrogens is 1. The van der Waals surface area contributed by atoms with Crippen LogP contribution in [0.4, 0.5) is 5.69 Å². The van der Waals surface area contributed by atoms with Gasteiger partial charge in [-0.1, -0.05) is 26.2 Å². The zero-order chi connectivity index (χ0) is 15.4. The van der Waals surface area contributed by atoms with Crippen molar-refractivity contribution in [3.8, 4) is 0 Å². The van der Waals surface area contributed by atoms with Crippen molar-refractivity contribution in [2.75, 3.05) is 5.32 Å². The molecule has 3 heteroatoms. The Kier molecular flexibility index (Phi) is 5.12. The standard InChI is InChI=1S/C19H28N2O/c1-2-3-4-5-13-18(22)21-19-14-9-6-7-11-16(14)20-17-12-8-10-15(17)19/h2-13H2,1H3,(H,20,21,22). The lowest BCUT2D eigenvalue weighted by Gasteiger charge is -2.22. The van der Waals surface area contributed by atoms with Gasteiger partial charge in [0, 0.05) is 17.8 Å². The molecule has 0 saturated heterocycles. The molecule has 120 valence electrons. The molecule has 0 saturated carbocycles. The molecule has 0 aromatic carbocycles. The smallest absolute Gasteiger partial charge is 0.224 e. The van der Waals surface area contributed by atoms with Crippen LogP contribution in [0.2, 0.25) is 0 Å². The molecule has 0 bridgehead atoms. The summed E-state index contributed by atoms with van der Waals surface area (Å²) in [6.07, 6.45) is 13.3. The maximum atomic E-state index is 12.3. The number of fused-ring (bicyclic) bond motifs is 2. The van der Waals surface area contributed by atoms with Gasteiger partial charge in [-0.05, 0) is 62.5 Å². The molecule has 1 aromatic heterocycles. The molecule has 0 aliphatic heterocycles. The average Bonchev–Trinajstić information content (AvgIpc) is 2.99. The molecule has 0 spiro atoms. The molecule has 22 heavy (non-hydrogen) atoms. The van der Waals surface area contributed by atoms with Gasteiger partial charge in [0.25, 0.3) is 0 Å². The minimum atomic E-state index is 0.198. The summed E-state index contributed by atoms with van der Waals surface area (Å²) in [6.45, 7) is 2.20. The van der Waals surface area contributed by atoms with Gasteiger partial charge in [0.2, 0.25) is 5.91 Å². The number of pyridine rings is 1. The highest BCUT2D eigenvalue weighted by Gasteiger charge is 2.25. The van der Waals surface area contributed by atoms with E-state index in [2.05, 4.69) is 12.2 Å². The van der Waals surface area contributed by atoms with Gasteiger partial charge in [-0.25, -0.2) is 0 Å². The van der Waals surface area contributed by atoms with Gasteiger partial charge >= 0.3 is 0 Å². The summed E-state index contributed by atoms with van der Waals surface area (Å²) in [6, 6.07) is 0. The SMILES string of the molecule is CCCCCCC(=O)Nc1c2c(nc3c1CCC3)CCCC2. The van der Waals surface area contributed by atoms with Crippen molar-refractivity contribution in [2.45, 2.75) is 84.0 Å². The van der Waals surface area contributed by atoms with Crippen LogP contribution in [0.1, 0.15) is 80.8 Å². The Morgan fingerprint density at radius 3 is 2.41 bits per heavy atom. The highest BCUT2D eigenvalue weighted by Crippen LogP contribution is 2.36. The first-order valence-corrected chi connectivity index (χ1v) is 9.13. The molecule has 2 aliphatic carbocycles. The molecular formula is C19H28N2O. The van der Waals surface area contributed by atoms with Gasteiger partial charge in [-0.3, -0.25) is 9.78 Å². The van der Waals surface area contributed by atoms with E-state index in [0.29, 0.717) is 6.42 Å². The molecule has 0 fully saturated rings. The third-order valence-corrected chi connectivity index (χ3v) is 5.02. The van der Waals surface area contributed by atoms with E-state index in [0.717, 1.165) is 44.2 Å². The van der Waals surface area contributed by atoms with Gasteiger partial charge < -0.3 is 5.32 Å². The molecule has 3 rings (SSSR count). The van der Waals surface area contributed by atoms with Gasteiger partial charge in [0.05, 0.1) is 5.69 Å². The minimum Gasteiger partial charge on any atom is -0.325 e. The normalized spacial score (nSPS) is 16.2. The first kappa shape index (κ1) is 15.5. The molecule has 2 aliphatic rings. The Morgan fingerprint density at radius 1 is 0.955 bits per heavy atom. The molecule has 3 nitrogen and oxygen atoms in total. The molecule has 1 amide bonds. The number of hydrogen-bond acceptors (Lipinski definition) is 2. The second-order valence-electron chi connectivity index (χ2n) is 6.76. The summed E-state index contributed by atoms with van der Waals surface area (Å²) in [5, 5.41) is 3.27. The molecular weight excluding hydrogens is 272 g/mol. The summed E-state index contributed by atoms with van der Waals surface area (Å²) in [7, 11) is 0. The maximum Gasteiger partial charge on any atom is 0.224 e. The fourth-order valence-corrected chi connectivity index (χ4v) is 3.81. The summed E-state index contributed by atoms with van der Waals surface area (Å²) in [4.78, 5) is 17.2. The topological polar surface area (TPSA) is 42.0 Å². The van der Waals surface area contributed by atoms with Crippen LogP contribution in [0.3, 0.4) is 0 Å². The van der Waals surface area contributed by atoms with E-state index in [1.54, 1.807) is 0 Å². The second kappa shape index (κ2) is 7.26. The Bertz CT molecular complexity index is 551. The highest BCUT2D eigenvalue weighted by atomic mass is 16.1. The van der Waals surface area contributed by atoms with Crippen molar-refractivity contribution >= 4 is 11.6 Å². The highest BCUT2D eigenvalue weighted by molar-refractivity contribution is 5.92.